The minimum Gasteiger partial charge on any atom is -0.339 e. The fourth-order valence-electron chi connectivity index (χ4n) is 3.71. The fraction of sp³-hybridized carbons (Fsp3) is 0.667. The van der Waals surface area contributed by atoms with Gasteiger partial charge in [-0.25, -0.2) is 0 Å². The number of hydrogen-bond donors (Lipinski definition) is 1. The number of hydrogen-bond acceptors (Lipinski definition) is 4. The van der Waals surface area contributed by atoms with Crippen molar-refractivity contribution in [3.05, 3.63) is 24.3 Å². The molecule has 0 radical (unpaired) electrons. The smallest absolute Gasteiger partial charge is 0.219 e. The van der Waals surface area contributed by atoms with Crippen LogP contribution in [0, 0.1) is 5.41 Å². The van der Waals surface area contributed by atoms with E-state index in [9.17, 15) is 4.79 Å². The Morgan fingerprint density at radius 1 is 1.45 bits per heavy atom. The lowest BCUT2D eigenvalue weighted by molar-refractivity contribution is -0.130. The highest BCUT2D eigenvalue weighted by Crippen LogP contribution is 2.42. The zero-order valence-electron chi connectivity index (χ0n) is 12.0. The van der Waals surface area contributed by atoms with Gasteiger partial charge in [-0.1, -0.05) is 0 Å². The van der Waals surface area contributed by atoms with Crippen LogP contribution in [0.1, 0.15) is 31.9 Å². The molecule has 1 unspecified atom stereocenters. The molecule has 1 atom stereocenters. The zero-order chi connectivity index (χ0) is 14.0. The predicted octanol–water partition coefficient (Wildman–Crippen LogP) is 1.01. The van der Waals surface area contributed by atoms with Crippen molar-refractivity contribution in [1.82, 2.24) is 20.2 Å². The van der Waals surface area contributed by atoms with E-state index in [-0.39, 0.29) is 11.9 Å². The van der Waals surface area contributed by atoms with E-state index in [2.05, 4.69) is 20.2 Å². The first-order valence-electron chi connectivity index (χ1n) is 7.41. The quantitative estimate of drug-likeness (QED) is 0.874. The highest BCUT2D eigenvalue weighted by Gasteiger charge is 2.45. The largest absolute Gasteiger partial charge is 0.339 e. The predicted molar refractivity (Wildman–Crippen MR) is 76.1 cm³/mol. The lowest BCUT2D eigenvalue weighted by Gasteiger charge is -2.33. The molecule has 0 bridgehead atoms. The van der Waals surface area contributed by atoms with Gasteiger partial charge in [0, 0.05) is 44.5 Å². The molecule has 1 amide bonds. The van der Waals surface area contributed by atoms with E-state index in [1.165, 1.54) is 12.8 Å². The maximum atomic E-state index is 11.9. The van der Waals surface area contributed by atoms with Crippen LogP contribution in [0.25, 0.3) is 0 Å². The van der Waals surface area contributed by atoms with Crippen molar-refractivity contribution < 1.29 is 4.79 Å². The summed E-state index contributed by atoms with van der Waals surface area (Å²) in [6.07, 6.45) is 9.50. The molecule has 1 aromatic rings. The summed E-state index contributed by atoms with van der Waals surface area (Å²) in [7, 11) is 0. The molecule has 0 aliphatic carbocycles. The standard InChI is InChI=1S/C15H22N4O/c1-12(20)19-11-15(2-4-16-5-3-15)9-14(19)8-13-10-17-6-7-18-13/h6-7,10,14,16H,2-5,8-9,11H2,1H3. The molecule has 2 aliphatic heterocycles. The highest BCUT2D eigenvalue weighted by molar-refractivity contribution is 5.74. The second kappa shape index (κ2) is 5.48. The number of piperidine rings is 1. The summed E-state index contributed by atoms with van der Waals surface area (Å²) in [5.41, 5.74) is 1.30. The third-order valence-corrected chi connectivity index (χ3v) is 4.75. The van der Waals surface area contributed by atoms with Crippen molar-refractivity contribution in [2.75, 3.05) is 19.6 Å². The van der Waals surface area contributed by atoms with E-state index in [0.29, 0.717) is 5.41 Å². The van der Waals surface area contributed by atoms with Crippen LogP contribution in [0.2, 0.25) is 0 Å². The normalized spacial score (nSPS) is 25.1. The molecular weight excluding hydrogens is 252 g/mol. The first-order chi connectivity index (χ1) is 9.69. The van der Waals surface area contributed by atoms with E-state index < -0.39 is 0 Å². The van der Waals surface area contributed by atoms with Gasteiger partial charge in [0.15, 0.2) is 0 Å². The molecule has 108 valence electrons. The Hall–Kier alpha value is -1.49. The van der Waals surface area contributed by atoms with Gasteiger partial charge < -0.3 is 10.2 Å². The van der Waals surface area contributed by atoms with E-state index in [4.69, 9.17) is 0 Å². The van der Waals surface area contributed by atoms with Crippen LogP contribution in [0.15, 0.2) is 18.6 Å². The highest BCUT2D eigenvalue weighted by atomic mass is 16.2. The van der Waals surface area contributed by atoms with Gasteiger partial charge in [0.1, 0.15) is 0 Å². The lowest BCUT2D eigenvalue weighted by atomic mass is 9.77. The van der Waals surface area contributed by atoms with Crippen LogP contribution in [-0.4, -0.2) is 46.5 Å². The first-order valence-corrected chi connectivity index (χ1v) is 7.41. The van der Waals surface area contributed by atoms with Crippen LogP contribution in [0.3, 0.4) is 0 Å². The summed E-state index contributed by atoms with van der Waals surface area (Å²) in [5.74, 6) is 0.189. The molecule has 3 rings (SSSR count). The van der Waals surface area contributed by atoms with Crippen molar-refractivity contribution >= 4 is 5.91 Å². The SMILES string of the molecule is CC(=O)N1CC2(CCNCC2)CC1Cc1cnccn1. The summed E-state index contributed by atoms with van der Waals surface area (Å²) in [6.45, 7) is 4.74. The Morgan fingerprint density at radius 2 is 2.25 bits per heavy atom. The number of nitrogens with zero attached hydrogens (tertiary/aromatic N) is 3. The number of amides is 1. The number of rotatable bonds is 2. The second-order valence-electron chi connectivity index (χ2n) is 6.16. The van der Waals surface area contributed by atoms with Crippen LogP contribution in [-0.2, 0) is 11.2 Å². The molecule has 2 aliphatic rings. The Bertz CT molecular complexity index is 470. The van der Waals surface area contributed by atoms with Crippen LogP contribution in [0.5, 0.6) is 0 Å². The molecule has 0 saturated carbocycles. The average Bonchev–Trinajstić information content (AvgIpc) is 2.79. The number of carbonyl (C=O) groups is 1. The number of carbonyl (C=O) groups excluding carboxylic acids is 1. The number of likely N-dealkylation sites (tertiary alicyclic amines) is 1. The van der Waals surface area contributed by atoms with Crippen LogP contribution >= 0.6 is 0 Å². The van der Waals surface area contributed by atoms with E-state index >= 15 is 0 Å². The topological polar surface area (TPSA) is 58.1 Å². The second-order valence-corrected chi connectivity index (χ2v) is 6.16. The zero-order valence-corrected chi connectivity index (χ0v) is 12.0. The van der Waals surface area contributed by atoms with Gasteiger partial charge in [0.05, 0.1) is 5.69 Å². The fourth-order valence-corrected chi connectivity index (χ4v) is 3.71. The Labute approximate surface area is 119 Å². The monoisotopic (exact) mass is 274 g/mol. The minimum absolute atomic E-state index is 0.189. The van der Waals surface area contributed by atoms with Gasteiger partial charge >= 0.3 is 0 Å². The van der Waals surface area contributed by atoms with Gasteiger partial charge in [-0.15, -0.1) is 0 Å². The summed E-state index contributed by atoms with van der Waals surface area (Å²) < 4.78 is 0. The summed E-state index contributed by atoms with van der Waals surface area (Å²) in [4.78, 5) is 22.5. The molecule has 20 heavy (non-hydrogen) atoms. The van der Waals surface area contributed by atoms with Crippen molar-refractivity contribution in [1.29, 1.82) is 0 Å². The molecule has 1 N–H and O–H groups in total. The molecule has 5 nitrogen and oxygen atoms in total. The van der Waals surface area contributed by atoms with Crippen molar-refractivity contribution in [3.63, 3.8) is 0 Å². The van der Waals surface area contributed by atoms with Gasteiger partial charge in [0.25, 0.3) is 0 Å². The maximum Gasteiger partial charge on any atom is 0.219 e. The molecular formula is C15H22N4O. The molecule has 0 aromatic carbocycles. The van der Waals surface area contributed by atoms with Gasteiger partial charge in [0.2, 0.25) is 5.91 Å². The van der Waals surface area contributed by atoms with Gasteiger partial charge in [-0.2, -0.15) is 0 Å². The third kappa shape index (κ3) is 2.68. The van der Waals surface area contributed by atoms with Crippen molar-refractivity contribution in [2.45, 2.75) is 38.6 Å². The first kappa shape index (κ1) is 13.5. The minimum atomic E-state index is 0.189. The van der Waals surface area contributed by atoms with E-state index in [0.717, 1.165) is 38.2 Å². The summed E-state index contributed by atoms with van der Waals surface area (Å²) in [5, 5.41) is 3.42. The molecule has 3 heterocycles. The Morgan fingerprint density at radius 3 is 2.90 bits per heavy atom. The van der Waals surface area contributed by atoms with Crippen molar-refractivity contribution in [2.24, 2.45) is 5.41 Å². The van der Waals surface area contributed by atoms with E-state index in [1.807, 2.05) is 6.20 Å². The van der Waals surface area contributed by atoms with Crippen molar-refractivity contribution in [3.8, 4) is 0 Å². The van der Waals surface area contributed by atoms with Crippen LogP contribution < -0.4 is 5.32 Å². The molecule has 1 aromatic heterocycles. The average molecular weight is 274 g/mol. The summed E-state index contributed by atoms with van der Waals surface area (Å²) in [6, 6.07) is 0.280. The molecule has 2 saturated heterocycles. The Kier molecular flexibility index (Phi) is 3.70. The lowest BCUT2D eigenvalue weighted by Crippen LogP contribution is -2.39. The maximum absolute atomic E-state index is 11.9. The van der Waals surface area contributed by atoms with Gasteiger partial charge in [-0.3, -0.25) is 14.8 Å². The molecule has 1 spiro atoms. The van der Waals surface area contributed by atoms with Crippen LogP contribution in [0.4, 0.5) is 0 Å². The summed E-state index contributed by atoms with van der Waals surface area (Å²) >= 11 is 0. The van der Waals surface area contributed by atoms with Gasteiger partial charge in [-0.05, 0) is 37.8 Å². The third-order valence-electron chi connectivity index (χ3n) is 4.75. The molecule has 2 fully saturated rings. The molecule has 5 heteroatoms. The Balaban J connectivity index is 1.76. The number of nitrogens with one attached hydrogen (secondary N) is 1. The number of aromatic nitrogens is 2. The van der Waals surface area contributed by atoms with E-state index in [1.54, 1.807) is 19.3 Å².